The van der Waals surface area contributed by atoms with Crippen molar-refractivity contribution in [3.8, 4) is 34.0 Å². The number of hydrogen-bond donors (Lipinski definition) is 3. The summed E-state index contributed by atoms with van der Waals surface area (Å²) in [5.41, 5.74) is 1.66. The molecule has 0 saturated carbocycles. The van der Waals surface area contributed by atoms with Crippen LogP contribution in [-0.2, 0) is 0 Å². The van der Waals surface area contributed by atoms with Crippen LogP contribution >= 0.6 is 0 Å². The number of nitrogens with zero attached hydrogens (tertiary/aromatic N) is 2. The fourth-order valence-corrected chi connectivity index (χ4v) is 3.05. The molecule has 28 heavy (non-hydrogen) atoms. The summed E-state index contributed by atoms with van der Waals surface area (Å²) in [6.07, 6.45) is 0. The lowest BCUT2D eigenvalue weighted by molar-refractivity contribution is 0.0699. The fraction of sp³-hybridized carbons (Fsp3) is 0.0500. The zero-order chi connectivity index (χ0) is 19.8. The smallest absolute Gasteiger partial charge is 0.336 e. The molecule has 0 saturated heterocycles. The summed E-state index contributed by atoms with van der Waals surface area (Å²) in [5.74, 6) is -1.49. The highest BCUT2D eigenvalue weighted by Gasteiger charge is 2.21. The molecule has 0 aliphatic rings. The number of rotatable bonds is 4. The van der Waals surface area contributed by atoms with Crippen LogP contribution in [0.2, 0.25) is 0 Å². The molecule has 0 radical (unpaired) electrons. The zero-order valence-electron chi connectivity index (χ0n) is 14.6. The summed E-state index contributed by atoms with van der Waals surface area (Å²) in [6.45, 7) is 0. The Balaban J connectivity index is 1.96. The molecule has 0 bridgehead atoms. The number of ether oxygens (including phenoxy) is 1. The number of carbonyl (C=O) groups is 1. The summed E-state index contributed by atoms with van der Waals surface area (Å²) in [4.78, 5) is 16.3. The highest BCUT2D eigenvalue weighted by molar-refractivity contribution is 6.08. The number of aromatic nitrogens is 3. The van der Waals surface area contributed by atoms with Crippen molar-refractivity contribution in [2.45, 2.75) is 0 Å². The second-order valence-corrected chi connectivity index (χ2v) is 6.02. The molecule has 0 amide bonds. The molecule has 4 rings (SSSR count). The summed E-state index contributed by atoms with van der Waals surface area (Å²) in [7, 11) is 1.42. The van der Waals surface area contributed by atoms with Crippen molar-refractivity contribution in [3.05, 3.63) is 59.9 Å². The minimum atomic E-state index is -1.18. The monoisotopic (exact) mass is 379 g/mol. The van der Waals surface area contributed by atoms with E-state index in [4.69, 9.17) is 4.74 Å². The molecule has 140 valence electrons. The van der Waals surface area contributed by atoms with E-state index < -0.39 is 11.8 Å². The molecule has 2 aromatic heterocycles. The first-order chi connectivity index (χ1) is 13.5. The van der Waals surface area contributed by atoms with Crippen LogP contribution in [0.5, 0.6) is 11.5 Å². The Labute approximate surface area is 158 Å². The van der Waals surface area contributed by atoms with Crippen LogP contribution < -0.4 is 4.74 Å². The molecule has 8 heteroatoms. The van der Waals surface area contributed by atoms with Crippen LogP contribution in [0, 0.1) is 5.82 Å². The molecule has 2 heterocycles. The number of pyridine rings is 1. The average Bonchev–Trinajstić information content (AvgIpc) is 3.12. The van der Waals surface area contributed by atoms with Gasteiger partial charge in [0.2, 0.25) is 0 Å². The number of hydrogen-bond acceptors (Lipinski definition) is 5. The van der Waals surface area contributed by atoms with Gasteiger partial charge in [-0.25, -0.2) is 14.2 Å². The van der Waals surface area contributed by atoms with E-state index in [1.807, 2.05) is 0 Å². The van der Waals surface area contributed by atoms with Gasteiger partial charge in [-0.2, -0.15) is 5.10 Å². The molecule has 0 atom stereocenters. The Morgan fingerprint density at radius 1 is 1.18 bits per heavy atom. The number of carboxylic acid groups (broad SMARTS) is 1. The normalized spacial score (nSPS) is 10.9. The number of nitrogens with one attached hydrogen (secondary N) is 1. The molecule has 3 N–H and O–H groups in total. The van der Waals surface area contributed by atoms with Crippen molar-refractivity contribution in [1.29, 1.82) is 0 Å². The first-order valence-electron chi connectivity index (χ1n) is 8.24. The van der Waals surface area contributed by atoms with Crippen LogP contribution in [0.1, 0.15) is 10.4 Å². The van der Waals surface area contributed by atoms with E-state index in [0.29, 0.717) is 22.2 Å². The maximum Gasteiger partial charge on any atom is 0.336 e. The Kier molecular flexibility index (Phi) is 4.15. The lowest BCUT2D eigenvalue weighted by atomic mass is 10.0. The molecule has 0 fully saturated rings. The van der Waals surface area contributed by atoms with Gasteiger partial charge >= 0.3 is 5.97 Å². The number of halogens is 1. The highest BCUT2D eigenvalue weighted by atomic mass is 19.1. The Morgan fingerprint density at radius 3 is 2.61 bits per heavy atom. The van der Waals surface area contributed by atoms with Crippen LogP contribution in [0.25, 0.3) is 33.5 Å². The van der Waals surface area contributed by atoms with Crippen LogP contribution in [0.4, 0.5) is 4.39 Å². The second-order valence-electron chi connectivity index (χ2n) is 6.02. The number of phenolic OH excluding ortho intramolecular Hbond substituents is 1. The SMILES string of the molecule is COc1cccc(-c2cc(C(=O)O)c3c(-c4ccc(F)cc4)[nH]nc3n2)c1O. The van der Waals surface area contributed by atoms with E-state index in [1.54, 1.807) is 18.2 Å². The number of methoxy groups -OCH3 is 1. The van der Waals surface area contributed by atoms with Gasteiger partial charge < -0.3 is 14.9 Å². The summed E-state index contributed by atoms with van der Waals surface area (Å²) < 4.78 is 18.3. The number of carboxylic acids is 1. The van der Waals surface area contributed by atoms with Crippen molar-refractivity contribution < 1.29 is 24.1 Å². The van der Waals surface area contributed by atoms with Crippen molar-refractivity contribution >= 4 is 17.0 Å². The molecular weight excluding hydrogens is 365 g/mol. The quantitative estimate of drug-likeness (QED) is 0.497. The molecule has 0 unspecified atom stereocenters. The lowest BCUT2D eigenvalue weighted by Crippen LogP contribution is -2.00. The van der Waals surface area contributed by atoms with E-state index in [2.05, 4.69) is 15.2 Å². The van der Waals surface area contributed by atoms with Gasteiger partial charge in [0.05, 0.1) is 29.4 Å². The van der Waals surface area contributed by atoms with E-state index in [0.717, 1.165) is 0 Å². The van der Waals surface area contributed by atoms with Crippen molar-refractivity contribution in [3.63, 3.8) is 0 Å². The zero-order valence-corrected chi connectivity index (χ0v) is 14.6. The molecule has 0 spiro atoms. The minimum Gasteiger partial charge on any atom is -0.504 e. The van der Waals surface area contributed by atoms with E-state index in [1.165, 1.54) is 37.4 Å². The molecular formula is C20H14FN3O4. The van der Waals surface area contributed by atoms with Gasteiger partial charge in [-0.05, 0) is 42.5 Å². The van der Waals surface area contributed by atoms with Gasteiger partial charge in [0, 0.05) is 11.1 Å². The summed E-state index contributed by atoms with van der Waals surface area (Å²) in [6, 6.07) is 11.8. The van der Waals surface area contributed by atoms with Crippen molar-refractivity contribution in [2.75, 3.05) is 7.11 Å². The first-order valence-corrected chi connectivity index (χ1v) is 8.24. The minimum absolute atomic E-state index is 0.0460. The third-order valence-electron chi connectivity index (χ3n) is 4.38. The van der Waals surface area contributed by atoms with Crippen LogP contribution in [-0.4, -0.2) is 38.5 Å². The number of para-hydroxylation sites is 1. The summed E-state index contributed by atoms with van der Waals surface area (Å²) >= 11 is 0. The van der Waals surface area contributed by atoms with Gasteiger partial charge in [-0.1, -0.05) is 6.07 Å². The number of aromatic amines is 1. The van der Waals surface area contributed by atoms with E-state index in [-0.39, 0.29) is 28.4 Å². The number of H-pyrrole nitrogens is 1. The van der Waals surface area contributed by atoms with E-state index in [9.17, 15) is 19.4 Å². The Bertz CT molecular complexity index is 1200. The number of benzene rings is 2. The maximum atomic E-state index is 13.2. The average molecular weight is 379 g/mol. The molecule has 7 nitrogen and oxygen atoms in total. The van der Waals surface area contributed by atoms with Gasteiger partial charge in [-0.15, -0.1) is 0 Å². The molecule has 4 aromatic rings. The standard InChI is InChI=1S/C20H14FN3O4/c1-28-15-4-2-3-12(18(15)25)14-9-13(20(26)27)16-17(23-24-19(16)22-14)10-5-7-11(21)8-6-10/h2-9,25H,1H3,(H,26,27)(H,22,23,24). The molecule has 2 aromatic carbocycles. The van der Waals surface area contributed by atoms with Gasteiger partial charge in [-0.3, -0.25) is 5.10 Å². The number of phenols is 1. The maximum absolute atomic E-state index is 13.2. The lowest BCUT2D eigenvalue weighted by Gasteiger charge is -2.09. The number of aromatic carboxylic acids is 1. The number of aromatic hydroxyl groups is 1. The second kappa shape index (κ2) is 6.66. The largest absolute Gasteiger partial charge is 0.504 e. The van der Waals surface area contributed by atoms with Gasteiger partial charge in [0.25, 0.3) is 0 Å². The predicted octanol–water partition coefficient (Wildman–Crippen LogP) is 3.84. The Morgan fingerprint density at radius 2 is 1.93 bits per heavy atom. The fourth-order valence-electron chi connectivity index (χ4n) is 3.05. The first kappa shape index (κ1) is 17.5. The topological polar surface area (TPSA) is 108 Å². The van der Waals surface area contributed by atoms with Crippen molar-refractivity contribution in [1.82, 2.24) is 15.2 Å². The predicted molar refractivity (Wildman–Crippen MR) is 99.9 cm³/mol. The highest BCUT2D eigenvalue weighted by Crippen LogP contribution is 2.38. The van der Waals surface area contributed by atoms with Gasteiger partial charge in [0.15, 0.2) is 17.1 Å². The Hall–Kier alpha value is -3.94. The molecule has 0 aliphatic heterocycles. The third-order valence-corrected chi connectivity index (χ3v) is 4.38. The summed E-state index contributed by atoms with van der Waals surface area (Å²) in [5, 5.41) is 27.3. The van der Waals surface area contributed by atoms with Crippen LogP contribution in [0.15, 0.2) is 48.5 Å². The molecule has 0 aliphatic carbocycles. The van der Waals surface area contributed by atoms with Crippen LogP contribution in [0.3, 0.4) is 0 Å². The third kappa shape index (κ3) is 2.81. The number of fused-ring (bicyclic) bond motifs is 1. The van der Waals surface area contributed by atoms with E-state index >= 15 is 0 Å². The van der Waals surface area contributed by atoms with Crippen molar-refractivity contribution in [2.24, 2.45) is 0 Å². The van der Waals surface area contributed by atoms with Gasteiger partial charge in [0.1, 0.15) is 5.82 Å².